The first-order valence-electron chi connectivity index (χ1n) is 7.98. The smallest absolute Gasteiger partial charge is 0.305 e. The maximum atomic E-state index is 11.1. The van der Waals surface area contributed by atoms with Gasteiger partial charge in [-0.05, 0) is 38.2 Å². The summed E-state index contributed by atoms with van der Waals surface area (Å²) in [6.45, 7) is 2.15. The lowest BCUT2D eigenvalue weighted by Gasteiger charge is -2.03. The Labute approximate surface area is 132 Å². The molecule has 2 N–H and O–H groups in total. The fourth-order valence-electron chi connectivity index (χ4n) is 1.96. The molecule has 22 heavy (non-hydrogen) atoms. The third-order valence-electron chi connectivity index (χ3n) is 3.31. The maximum Gasteiger partial charge on any atom is 0.305 e. The molecule has 0 aromatic rings. The van der Waals surface area contributed by atoms with Crippen LogP contribution in [0.2, 0.25) is 0 Å². The van der Waals surface area contributed by atoms with Gasteiger partial charge in [-0.2, -0.15) is 0 Å². The van der Waals surface area contributed by atoms with Crippen LogP contribution in [0.25, 0.3) is 0 Å². The molecule has 4 heteroatoms. The van der Waals surface area contributed by atoms with E-state index >= 15 is 0 Å². The van der Waals surface area contributed by atoms with E-state index in [-0.39, 0.29) is 12.1 Å². The van der Waals surface area contributed by atoms with Gasteiger partial charge in [0.15, 0.2) is 0 Å². The molecule has 122 valence electrons. The molecule has 4 nitrogen and oxygen atoms in total. The van der Waals surface area contributed by atoms with Gasteiger partial charge in [-0.3, -0.25) is 4.79 Å². The van der Waals surface area contributed by atoms with Crippen molar-refractivity contribution in [3.05, 3.63) is 24.3 Å². The number of rotatable bonds is 9. The van der Waals surface area contributed by atoms with Crippen LogP contribution in [-0.4, -0.2) is 35.0 Å². The zero-order valence-corrected chi connectivity index (χ0v) is 13.2. The van der Waals surface area contributed by atoms with Crippen molar-refractivity contribution in [2.45, 2.75) is 57.7 Å². The molecule has 1 aliphatic rings. The summed E-state index contributed by atoms with van der Waals surface area (Å²) in [5.74, 6) is 5.90. The average Bonchev–Trinajstić information content (AvgIpc) is 3.27. The number of aliphatic hydroxyl groups is 2. The van der Waals surface area contributed by atoms with Crippen LogP contribution in [0.15, 0.2) is 24.3 Å². The minimum absolute atomic E-state index is 0.238. The van der Waals surface area contributed by atoms with Crippen LogP contribution in [0.1, 0.15) is 45.4 Å². The molecule has 0 amide bonds. The zero-order chi connectivity index (χ0) is 16.2. The van der Waals surface area contributed by atoms with Crippen molar-refractivity contribution in [1.82, 2.24) is 0 Å². The van der Waals surface area contributed by atoms with Gasteiger partial charge in [-0.1, -0.05) is 42.9 Å². The Morgan fingerprint density at radius 1 is 1.36 bits per heavy atom. The molecular weight excluding hydrogens is 280 g/mol. The predicted molar refractivity (Wildman–Crippen MR) is 85.9 cm³/mol. The van der Waals surface area contributed by atoms with Gasteiger partial charge < -0.3 is 14.9 Å². The van der Waals surface area contributed by atoms with E-state index in [2.05, 4.69) is 11.8 Å². The van der Waals surface area contributed by atoms with Crippen molar-refractivity contribution in [2.75, 3.05) is 6.61 Å². The number of hydrogen-bond acceptors (Lipinski definition) is 4. The van der Waals surface area contributed by atoms with E-state index < -0.39 is 6.10 Å². The standard InChI is InChI=1S/C18H26O4/c1-2-22-18(21)11-7-10-16(19)8-5-3-4-6-9-17(20)14-15-12-13-15/h3-4,6,9,15-17,19-20H,2,7,10-14H2,1H3/b4-3+,9-6+/t16-,17+/m1/s1. The molecule has 0 aromatic carbocycles. The third-order valence-corrected chi connectivity index (χ3v) is 3.31. The highest BCUT2D eigenvalue weighted by Gasteiger charge is 2.23. The zero-order valence-electron chi connectivity index (χ0n) is 13.2. The number of hydrogen-bond donors (Lipinski definition) is 2. The van der Waals surface area contributed by atoms with Crippen LogP contribution >= 0.6 is 0 Å². The molecule has 1 saturated carbocycles. The molecular formula is C18H26O4. The second-order valence-electron chi connectivity index (χ2n) is 5.49. The van der Waals surface area contributed by atoms with Crippen molar-refractivity contribution < 1.29 is 19.7 Å². The third kappa shape index (κ3) is 10.2. The molecule has 0 unspecified atom stereocenters. The highest BCUT2D eigenvalue weighted by Crippen LogP contribution is 2.33. The van der Waals surface area contributed by atoms with Crippen LogP contribution in [0.4, 0.5) is 0 Å². The lowest BCUT2D eigenvalue weighted by molar-refractivity contribution is -0.143. The summed E-state index contributed by atoms with van der Waals surface area (Å²) in [6, 6.07) is 0. The number of carbonyl (C=O) groups excluding carboxylic acids is 1. The Morgan fingerprint density at radius 2 is 2.14 bits per heavy atom. The number of esters is 1. The molecule has 0 saturated heterocycles. The molecule has 0 aliphatic heterocycles. The predicted octanol–water partition coefficient (Wildman–Crippen LogP) is 2.36. The molecule has 1 fully saturated rings. The number of carbonyl (C=O) groups is 1. The lowest BCUT2D eigenvalue weighted by Crippen LogP contribution is -2.07. The number of allylic oxidation sites excluding steroid dienone is 3. The lowest BCUT2D eigenvalue weighted by atomic mass is 10.1. The largest absolute Gasteiger partial charge is 0.466 e. The fourth-order valence-corrected chi connectivity index (χ4v) is 1.96. The van der Waals surface area contributed by atoms with Gasteiger partial charge in [-0.15, -0.1) is 0 Å². The highest BCUT2D eigenvalue weighted by atomic mass is 16.5. The summed E-state index contributed by atoms with van der Waals surface area (Å²) >= 11 is 0. The molecule has 0 aromatic heterocycles. The van der Waals surface area contributed by atoms with Gasteiger partial charge in [0.25, 0.3) is 0 Å². The Balaban J connectivity index is 2.11. The van der Waals surface area contributed by atoms with Crippen LogP contribution in [0, 0.1) is 17.8 Å². The van der Waals surface area contributed by atoms with Crippen molar-refractivity contribution >= 4 is 5.97 Å². The van der Waals surface area contributed by atoms with Crippen molar-refractivity contribution in [2.24, 2.45) is 5.92 Å². The molecule has 1 aliphatic carbocycles. The van der Waals surface area contributed by atoms with Gasteiger partial charge in [0.2, 0.25) is 0 Å². The average molecular weight is 306 g/mol. The van der Waals surface area contributed by atoms with Crippen LogP contribution in [0.5, 0.6) is 0 Å². The van der Waals surface area contributed by atoms with E-state index in [0.717, 1.165) is 6.42 Å². The van der Waals surface area contributed by atoms with Crippen LogP contribution < -0.4 is 0 Å². The Morgan fingerprint density at radius 3 is 2.82 bits per heavy atom. The van der Waals surface area contributed by atoms with Crippen molar-refractivity contribution in [3.63, 3.8) is 0 Å². The molecule has 0 radical (unpaired) electrons. The highest BCUT2D eigenvalue weighted by molar-refractivity contribution is 5.69. The SMILES string of the molecule is CCOC(=O)CCC[C@H](O)C#C/C=C/C=C/[C@H](O)CC1CC1. The van der Waals surface area contributed by atoms with E-state index in [1.54, 1.807) is 31.2 Å². The first-order valence-corrected chi connectivity index (χ1v) is 7.98. The van der Waals surface area contributed by atoms with E-state index in [0.29, 0.717) is 31.8 Å². The monoisotopic (exact) mass is 306 g/mol. The van der Waals surface area contributed by atoms with Gasteiger partial charge in [0, 0.05) is 6.42 Å². The summed E-state index contributed by atoms with van der Waals surface area (Å²) in [7, 11) is 0. The quantitative estimate of drug-likeness (QED) is 0.390. The molecule has 0 heterocycles. The van der Waals surface area contributed by atoms with Gasteiger partial charge in [0.1, 0.15) is 6.10 Å². The molecule has 0 bridgehead atoms. The summed E-state index contributed by atoms with van der Waals surface area (Å²) in [6.07, 6.45) is 10.4. The summed E-state index contributed by atoms with van der Waals surface area (Å²) < 4.78 is 4.80. The molecule has 0 spiro atoms. The summed E-state index contributed by atoms with van der Waals surface area (Å²) in [5, 5.41) is 19.3. The second kappa shape index (κ2) is 11.1. The molecule has 2 atom stereocenters. The van der Waals surface area contributed by atoms with Gasteiger partial charge in [-0.25, -0.2) is 0 Å². The van der Waals surface area contributed by atoms with Gasteiger partial charge >= 0.3 is 5.97 Å². The minimum atomic E-state index is -0.733. The van der Waals surface area contributed by atoms with Crippen molar-refractivity contribution in [1.29, 1.82) is 0 Å². The number of aliphatic hydroxyl groups excluding tert-OH is 2. The normalized spacial score (nSPS) is 17.2. The summed E-state index contributed by atoms with van der Waals surface area (Å²) in [5.41, 5.74) is 0. The molecule has 1 rings (SSSR count). The first-order chi connectivity index (χ1) is 10.6. The van der Waals surface area contributed by atoms with Crippen LogP contribution in [0.3, 0.4) is 0 Å². The minimum Gasteiger partial charge on any atom is -0.466 e. The van der Waals surface area contributed by atoms with Gasteiger partial charge in [0.05, 0.1) is 12.7 Å². The Hall–Kier alpha value is -1.57. The van der Waals surface area contributed by atoms with Crippen LogP contribution in [-0.2, 0) is 9.53 Å². The topological polar surface area (TPSA) is 66.8 Å². The van der Waals surface area contributed by atoms with E-state index in [1.807, 2.05) is 0 Å². The fraction of sp³-hybridized carbons (Fsp3) is 0.611. The summed E-state index contributed by atoms with van der Waals surface area (Å²) in [4.78, 5) is 11.1. The Bertz CT molecular complexity index is 438. The van der Waals surface area contributed by atoms with Crippen molar-refractivity contribution in [3.8, 4) is 11.8 Å². The van der Waals surface area contributed by atoms with E-state index in [9.17, 15) is 15.0 Å². The van der Waals surface area contributed by atoms with E-state index in [4.69, 9.17) is 4.74 Å². The maximum absolute atomic E-state index is 11.1. The second-order valence-corrected chi connectivity index (χ2v) is 5.49. The van der Waals surface area contributed by atoms with E-state index in [1.165, 1.54) is 12.8 Å². The number of ether oxygens (including phenoxy) is 1. The first kappa shape index (κ1) is 18.5. The Kier molecular flexibility index (Phi) is 9.29.